The van der Waals surface area contributed by atoms with Gasteiger partial charge in [-0.3, -0.25) is 0 Å². The number of hydrogen-bond acceptors (Lipinski definition) is 10. The summed E-state index contributed by atoms with van der Waals surface area (Å²) in [6, 6.07) is 9.22. The number of hydrogen-bond donors (Lipinski definition) is 0. The van der Waals surface area contributed by atoms with Gasteiger partial charge in [-0.25, -0.2) is 14.8 Å². The van der Waals surface area contributed by atoms with E-state index in [-0.39, 0.29) is 31.4 Å². The minimum absolute atomic E-state index is 0.108. The van der Waals surface area contributed by atoms with E-state index in [9.17, 15) is 23.2 Å². The third-order valence-electron chi connectivity index (χ3n) is 3.21. The summed E-state index contributed by atoms with van der Waals surface area (Å²) in [5, 5.41) is 27.9. The molecule has 0 unspecified atom stereocenters. The van der Waals surface area contributed by atoms with Crippen LogP contribution in [0.2, 0.25) is 0 Å². The highest BCUT2D eigenvalue weighted by Gasteiger charge is 2.31. The zero-order valence-corrected chi connectivity index (χ0v) is 15.9. The maximum Gasteiger partial charge on any atom is 0.573 e. The Labute approximate surface area is 174 Å². The Kier molecular flexibility index (Phi) is 5.83. The average molecular weight is 447 g/mol. The molecule has 0 N–H and O–H groups in total. The van der Waals surface area contributed by atoms with E-state index in [1.54, 1.807) is 18.2 Å². The smallest absolute Gasteiger partial charge is 0.422 e. The van der Waals surface area contributed by atoms with Crippen molar-refractivity contribution in [1.82, 2.24) is 9.97 Å². The lowest BCUT2D eigenvalue weighted by atomic mass is 10.3. The first kappa shape index (κ1) is 21.0. The maximum atomic E-state index is 12.4. The van der Waals surface area contributed by atoms with E-state index < -0.39 is 23.7 Å². The van der Waals surface area contributed by atoms with Crippen LogP contribution < -0.4 is 9.47 Å². The monoisotopic (exact) mass is 447 g/mol. The Bertz CT molecular complexity index is 1150. The average Bonchev–Trinajstić information content (AvgIpc) is 3.10. The Hall–Kier alpha value is -3.73. The normalized spacial score (nSPS) is 12.2. The fraction of sp³-hybridized carbons (Fsp3) is 0.0588. The summed E-state index contributed by atoms with van der Waals surface area (Å²) in [4.78, 5) is 20.3. The van der Waals surface area contributed by atoms with Crippen LogP contribution in [-0.2, 0) is 4.79 Å². The number of fused-ring (bicyclic) bond motifs is 1. The maximum absolute atomic E-state index is 12.4. The van der Waals surface area contributed by atoms with Crippen LogP contribution in [0.4, 0.5) is 13.2 Å². The molecule has 0 spiro atoms. The number of alkyl halides is 3. The molecular weight excluding hydrogens is 443 g/mol. The van der Waals surface area contributed by atoms with Gasteiger partial charge in [0.15, 0.2) is 17.0 Å². The number of esters is 1. The van der Waals surface area contributed by atoms with Crippen LogP contribution in [0.5, 0.6) is 11.5 Å². The van der Waals surface area contributed by atoms with E-state index in [2.05, 4.69) is 14.7 Å². The van der Waals surface area contributed by atoms with Gasteiger partial charge in [-0.05, 0) is 24.3 Å². The molecule has 1 aliphatic rings. The van der Waals surface area contributed by atoms with Crippen LogP contribution in [0.15, 0.2) is 44.1 Å². The Morgan fingerprint density at radius 3 is 1.87 bits per heavy atom. The lowest BCUT2D eigenvalue weighted by Crippen LogP contribution is -2.17. The van der Waals surface area contributed by atoms with E-state index in [4.69, 9.17) is 15.3 Å². The molecule has 30 heavy (non-hydrogen) atoms. The second-order valence-corrected chi connectivity index (χ2v) is 7.40. The van der Waals surface area contributed by atoms with E-state index in [0.717, 1.165) is 47.8 Å². The first-order valence-electron chi connectivity index (χ1n) is 7.54. The van der Waals surface area contributed by atoms with Gasteiger partial charge in [0.05, 0.1) is 4.24 Å². The number of rotatable bonds is 3. The van der Waals surface area contributed by atoms with Gasteiger partial charge in [-0.15, -0.1) is 13.2 Å². The Morgan fingerprint density at radius 1 is 0.933 bits per heavy atom. The third kappa shape index (κ3) is 4.63. The molecule has 148 valence electrons. The van der Waals surface area contributed by atoms with Gasteiger partial charge in [0.25, 0.3) is 0 Å². The minimum atomic E-state index is -4.86. The van der Waals surface area contributed by atoms with Crippen molar-refractivity contribution in [3.63, 3.8) is 0 Å². The molecule has 0 radical (unpaired) electrons. The van der Waals surface area contributed by atoms with Crippen LogP contribution in [0.1, 0.15) is 11.4 Å². The molecule has 0 saturated heterocycles. The second kappa shape index (κ2) is 8.33. The van der Waals surface area contributed by atoms with E-state index >= 15 is 0 Å². The predicted octanol–water partition coefficient (Wildman–Crippen LogP) is 3.66. The fourth-order valence-corrected chi connectivity index (χ4v) is 4.28. The molecule has 0 aliphatic carbocycles. The van der Waals surface area contributed by atoms with Gasteiger partial charge in [-0.2, -0.15) is 15.8 Å². The van der Waals surface area contributed by atoms with E-state index in [0.29, 0.717) is 0 Å². The van der Waals surface area contributed by atoms with E-state index in [1.807, 2.05) is 0 Å². The molecule has 8 nitrogen and oxygen atoms in total. The van der Waals surface area contributed by atoms with Gasteiger partial charge in [0.1, 0.15) is 39.8 Å². The van der Waals surface area contributed by atoms with Crippen molar-refractivity contribution in [2.75, 3.05) is 0 Å². The second-order valence-electron chi connectivity index (χ2n) is 5.14. The number of nitriles is 3. The lowest BCUT2D eigenvalue weighted by molar-refractivity contribution is -0.274. The number of thioether (sulfide) groups is 2. The van der Waals surface area contributed by atoms with Gasteiger partial charge >= 0.3 is 12.3 Å². The molecule has 3 rings (SSSR count). The number of aromatic nitrogens is 2. The largest absolute Gasteiger partial charge is 0.573 e. The number of nitrogens with zero attached hydrogens (tertiary/aromatic N) is 5. The summed E-state index contributed by atoms with van der Waals surface area (Å²) in [5.74, 6) is -1.66. The third-order valence-corrected chi connectivity index (χ3v) is 5.58. The van der Waals surface area contributed by atoms with Crippen LogP contribution in [0, 0.1) is 34.0 Å². The topological polar surface area (TPSA) is 133 Å². The predicted molar refractivity (Wildman–Crippen MR) is 94.6 cm³/mol. The fourth-order valence-electron chi connectivity index (χ4n) is 2.03. The summed E-state index contributed by atoms with van der Waals surface area (Å²) in [6.45, 7) is 0. The number of benzene rings is 1. The highest BCUT2D eigenvalue weighted by atomic mass is 32.2. The lowest BCUT2D eigenvalue weighted by Gasteiger charge is -2.09. The molecule has 0 fully saturated rings. The molecule has 13 heteroatoms. The first-order valence-corrected chi connectivity index (χ1v) is 9.17. The van der Waals surface area contributed by atoms with Gasteiger partial charge in [-0.1, -0.05) is 23.5 Å². The van der Waals surface area contributed by atoms with Crippen molar-refractivity contribution in [1.29, 1.82) is 15.8 Å². The molecule has 1 aromatic heterocycles. The van der Waals surface area contributed by atoms with Crippen molar-refractivity contribution in [3.05, 3.63) is 45.5 Å². The van der Waals surface area contributed by atoms with Crippen molar-refractivity contribution in [2.45, 2.75) is 16.4 Å². The molecule has 0 saturated carbocycles. The van der Waals surface area contributed by atoms with Crippen molar-refractivity contribution in [2.24, 2.45) is 0 Å². The first-order chi connectivity index (χ1) is 14.2. The molecule has 0 amide bonds. The summed E-state index contributed by atoms with van der Waals surface area (Å²) < 4.78 is 45.5. The van der Waals surface area contributed by atoms with Gasteiger partial charge in [0, 0.05) is 0 Å². The van der Waals surface area contributed by atoms with Crippen LogP contribution in [0.25, 0.3) is 0 Å². The zero-order chi connectivity index (χ0) is 21.9. The molecular formula is C17H4F3N5O3S2. The Balaban J connectivity index is 1.80. The minimum Gasteiger partial charge on any atom is -0.422 e. The molecule has 2 heterocycles. The van der Waals surface area contributed by atoms with Crippen LogP contribution in [0.3, 0.4) is 0 Å². The molecule has 1 aromatic carbocycles. The number of carbonyl (C=O) groups is 1. The van der Waals surface area contributed by atoms with E-state index in [1.165, 1.54) is 0 Å². The summed E-state index contributed by atoms with van der Waals surface area (Å²) in [5.41, 5.74) is -0.766. The highest BCUT2D eigenvalue weighted by Crippen LogP contribution is 2.50. The molecule has 0 bridgehead atoms. The number of carbonyl (C=O) groups excluding carboxylic acids is 1. The summed E-state index contributed by atoms with van der Waals surface area (Å²) >= 11 is 1.81. The molecule has 1 aliphatic heterocycles. The van der Waals surface area contributed by atoms with Crippen LogP contribution in [-0.4, -0.2) is 22.3 Å². The van der Waals surface area contributed by atoms with Crippen molar-refractivity contribution in [3.8, 4) is 29.7 Å². The summed E-state index contributed by atoms with van der Waals surface area (Å²) in [7, 11) is 0. The number of ether oxygens (including phenoxy) is 2. The highest BCUT2D eigenvalue weighted by molar-refractivity contribution is 8.24. The quantitative estimate of drug-likeness (QED) is 0.297. The van der Waals surface area contributed by atoms with Crippen molar-refractivity contribution < 1.29 is 27.4 Å². The van der Waals surface area contributed by atoms with Gasteiger partial charge in [0.2, 0.25) is 0 Å². The SMILES string of the molecule is N#CC(C(=O)Oc1ccc(OC(F)(F)F)cc1)=C1Sc2nc(C#N)c(C#N)nc2S1. The number of halogens is 3. The summed E-state index contributed by atoms with van der Waals surface area (Å²) in [6.07, 6.45) is -4.86. The Morgan fingerprint density at radius 2 is 1.43 bits per heavy atom. The molecule has 0 atom stereocenters. The van der Waals surface area contributed by atoms with Gasteiger partial charge < -0.3 is 9.47 Å². The van der Waals surface area contributed by atoms with Crippen LogP contribution >= 0.6 is 23.5 Å². The standard InChI is InChI=1S/C17H4F3N5O3S2/c18-17(19,20)28-9-3-1-8(2-4-9)27-15(26)10(5-21)16-29-13-14(30-16)25-12(7-23)11(6-22)24-13/h1-4H. The van der Waals surface area contributed by atoms with Crippen molar-refractivity contribution >= 4 is 29.5 Å². The zero-order valence-electron chi connectivity index (χ0n) is 14.2. The molecule has 2 aromatic rings.